The van der Waals surface area contributed by atoms with E-state index in [1.807, 2.05) is 0 Å². The second-order valence-corrected chi connectivity index (χ2v) is 4.31. The molecule has 0 bridgehead atoms. The van der Waals surface area contributed by atoms with Crippen molar-refractivity contribution in [3.63, 3.8) is 0 Å². The van der Waals surface area contributed by atoms with Crippen molar-refractivity contribution in [2.45, 2.75) is 6.18 Å². The molecule has 0 saturated heterocycles. The molecule has 0 aromatic carbocycles. The molecule has 0 amide bonds. The predicted octanol–water partition coefficient (Wildman–Crippen LogP) is 3.70. The monoisotopic (exact) mass is 325 g/mol. The first-order chi connectivity index (χ1) is 7.89. The minimum atomic E-state index is -4.46. The predicted molar refractivity (Wildman–Crippen MR) is 59.1 cm³/mol. The van der Waals surface area contributed by atoms with Gasteiger partial charge in [0, 0.05) is 6.20 Å². The highest BCUT2D eigenvalue weighted by Crippen LogP contribution is 2.32. The molecule has 8 heteroatoms. The summed E-state index contributed by atoms with van der Waals surface area (Å²) in [7, 11) is 0. The minimum Gasteiger partial charge on any atom is -0.235 e. The zero-order chi connectivity index (χ0) is 12.6. The van der Waals surface area contributed by atoms with Gasteiger partial charge in [0.05, 0.1) is 16.8 Å². The Morgan fingerprint density at radius 3 is 2.53 bits per heavy atom. The third kappa shape index (κ3) is 2.44. The highest BCUT2D eigenvalue weighted by molar-refractivity contribution is 9.10. The Labute approximate surface area is 107 Å². The van der Waals surface area contributed by atoms with Gasteiger partial charge < -0.3 is 0 Å². The fraction of sp³-hybridized carbons (Fsp3) is 0.111. The molecule has 0 aliphatic carbocycles. The highest BCUT2D eigenvalue weighted by atomic mass is 79.9. The number of alkyl halides is 3. The fourth-order valence-corrected chi connectivity index (χ4v) is 1.81. The third-order valence-corrected chi connectivity index (χ3v) is 2.82. The number of hydrogen-bond acceptors (Lipinski definition) is 2. The van der Waals surface area contributed by atoms with E-state index < -0.39 is 11.7 Å². The Kier molecular flexibility index (Phi) is 3.13. The van der Waals surface area contributed by atoms with Gasteiger partial charge in [-0.15, -0.1) is 0 Å². The lowest BCUT2D eigenvalue weighted by Crippen LogP contribution is -2.08. The van der Waals surface area contributed by atoms with E-state index in [0.717, 1.165) is 12.3 Å². The van der Waals surface area contributed by atoms with E-state index in [2.05, 4.69) is 26.0 Å². The summed E-state index contributed by atoms with van der Waals surface area (Å²) in [4.78, 5) is 3.67. The van der Waals surface area contributed by atoms with Crippen molar-refractivity contribution in [3.05, 3.63) is 39.7 Å². The molecule has 0 aliphatic rings. The number of rotatable bonds is 1. The van der Waals surface area contributed by atoms with Gasteiger partial charge in [0.1, 0.15) is 4.60 Å². The van der Waals surface area contributed by atoms with E-state index >= 15 is 0 Å². The molecule has 0 aliphatic heterocycles. The molecule has 2 aromatic heterocycles. The van der Waals surface area contributed by atoms with Crippen LogP contribution in [0.3, 0.4) is 0 Å². The summed E-state index contributed by atoms with van der Waals surface area (Å²) in [6, 6.07) is 2.44. The van der Waals surface area contributed by atoms with Crippen molar-refractivity contribution in [1.29, 1.82) is 0 Å². The third-order valence-electron chi connectivity index (χ3n) is 1.95. The van der Waals surface area contributed by atoms with Crippen LogP contribution >= 0.6 is 27.5 Å². The number of nitrogens with zero attached hydrogens (tertiary/aromatic N) is 3. The van der Waals surface area contributed by atoms with Gasteiger partial charge in [-0.1, -0.05) is 11.6 Å². The SMILES string of the molecule is FC(F)(F)c1cnc(-n2nccc2Br)c(Cl)c1. The molecule has 0 unspecified atom stereocenters. The Bertz CT molecular complexity index is 553. The van der Waals surface area contributed by atoms with E-state index in [0.29, 0.717) is 4.60 Å². The molecular formula is C9H4BrClF3N3. The molecule has 2 aromatic rings. The molecule has 0 spiro atoms. The van der Waals surface area contributed by atoms with Gasteiger partial charge in [0.25, 0.3) is 0 Å². The van der Waals surface area contributed by atoms with Crippen LogP contribution in [-0.2, 0) is 6.18 Å². The molecule has 0 atom stereocenters. The lowest BCUT2D eigenvalue weighted by atomic mass is 10.3. The van der Waals surface area contributed by atoms with Gasteiger partial charge in [0.15, 0.2) is 5.82 Å². The summed E-state index contributed by atoms with van der Waals surface area (Å²) in [5, 5.41) is 3.76. The quantitative estimate of drug-likeness (QED) is 0.800. The zero-order valence-electron chi connectivity index (χ0n) is 8.04. The van der Waals surface area contributed by atoms with E-state index in [9.17, 15) is 13.2 Å². The zero-order valence-corrected chi connectivity index (χ0v) is 10.4. The largest absolute Gasteiger partial charge is 0.417 e. The molecular weight excluding hydrogens is 322 g/mol. The summed E-state index contributed by atoms with van der Waals surface area (Å²) in [5.41, 5.74) is -0.894. The summed E-state index contributed by atoms with van der Waals surface area (Å²) >= 11 is 8.93. The van der Waals surface area contributed by atoms with Crippen molar-refractivity contribution in [3.8, 4) is 5.82 Å². The van der Waals surface area contributed by atoms with Crippen molar-refractivity contribution in [1.82, 2.24) is 14.8 Å². The first kappa shape index (κ1) is 12.4. The Morgan fingerprint density at radius 2 is 2.06 bits per heavy atom. The summed E-state index contributed by atoms with van der Waals surface area (Å²) in [6.07, 6.45) is -2.27. The van der Waals surface area contributed by atoms with Crippen LogP contribution in [0.1, 0.15) is 5.56 Å². The molecule has 0 fully saturated rings. The fourth-order valence-electron chi connectivity index (χ4n) is 1.18. The number of hydrogen-bond donors (Lipinski definition) is 0. The lowest BCUT2D eigenvalue weighted by Gasteiger charge is -2.09. The van der Waals surface area contributed by atoms with Gasteiger partial charge in [0.2, 0.25) is 0 Å². The molecule has 0 N–H and O–H groups in total. The van der Waals surface area contributed by atoms with Crippen LogP contribution in [0, 0.1) is 0 Å². The van der Waals surface area contributed by atoms with E-state index in [-0.39, 0.29) is 10.8 Å². The van der Waals surface area contributed by atoms with Gasteiger partial charge in [-0.25, -0.2) is 9.67 Å². The van der Waals surface area contributed by atoms with Crippen molar-refractivity contribution >= 4 is 27.5 Å². The number of aromatic nitrogens is 3. The van der Waals surface area contributed by atoms with Crippen LogP contribution < -0.4 is 0 Å². The Morgan fingerprint density at radius 1 is 1.35 bits per heavy atom. The van der Waals surface area contributed by atoms with Crippen LogP contribution in [0.25, 0.3) is 5.82 Å². The molecule has 90 valence electrons. The second kappa shape index (κ2) is 4.30. The maximum atomic E-state index is 12.4. The van der Waals surface area contributed by atoms with Crippen LogP contribution in [-0.4, -0.2) is 14.8 Å². The lowest BCUT2D eigenvalue weighted by molar-refractivity contribution is -0.137. The van der Waals surface area contributed by atoms with E-state index in [4.69, 9.17) is 11.6 Å². The first-order valence-corrected chi connectivity index (χ1v) is 5.49. The van der Waals surface area contributed by atoms with Gasteiger partial charge in [-0.2, -0.15) is 18.3 Å². The number of halogens is 5. The molecule has 3 nitrogen and oxygen atoms in total. The second-order valence-electron chi connectivity index (χ2n) is 3.09. The average molecular weight is 327 g/mol. The van der Waals surface area contributed by atoms with Crippen LogP contribution in [0.15, 0.2) is 29.1 Å². The van der Waals surface area contributed by atoms with E-state index in [1.165, 1.54) is 10.9 Å². The standard InChI is InChI=1S/C9H4BrClF3N3/c10-7-1-2-16-17(7)8-6(11)3-5(4-15-8)9(12,13)14/h1-4H. The van der Waals surface area contributed by atoms with Crippen LogP contribution in [0.5, 0.6) is 0 Å². The smallest absolute Gasteiger partial charge is 0.235 e. The topological polar surface area (TPSA) is 30.7 Å². The maximum absolute atomic E-state index is 12.4. The summed E-state index contributed by atoms with van der Waals surface area (Å²) < 4.78 is 39.0. The van der Waals surface area contributed by atoms with Crippen molar-refractivity contribution in [2.75, 3.05) is 0 Å². The molecule has 0 saturated carbocycles. The highest BCUT2D eigenvalue weighted by Gasteiger charge is 2.31. The number of pyridine rings is 1. The maximum Gasteiger partial charge on any atom is 0.417 e. The van der Waals surface area contributed by atoms with Gasteiger partial charge >= 0.3 is 6.18 Å². The first-order valence-electron chi connectivity index (χ1n) is 4.32. The molecule has 2 heterocycles. The summed E-state index contributed by atoms with van der Waals surface area (Å²) in [5.74, 6) is 0.136. The van der Waals surface area contributed by atoms with Gasteiger partial charge in [-0.3, -0.25) is 0 Å². The normalized spacial score (nSPS) is 11.8. The van der Waals surface area contributed by atoms with Crippen molar-refractivity contribution < 1.29 is 13.2 Å². The summed E-state index contributed by atoms with van der Waals surface area (Å²) in [6.45, 7) is 0. The molecule has 17 heavy (non-hydrogen) atoms. The Hall–Kier alpha value is -1.08. The van der Waals surface area contributed by atoms with Crippen molar-refractivity contribution in [2.24, 2.45) is 0 Å². The molecule has 0 radical (unpaired) electrons. The Balaban J connectivity index is 2.50. The molecule has 2 rings (SSSR count). The van der Waals surface area contributed by atoms with Gasteiger partial charge in [-0.05, 0) is 28.1 Å². The average Bonchev–Trinajstić information content (AvgIpc) is 2.63. The van der Waals surface area contributed by atoms with Crippen LogP contribution in [0.4, 0.5) is 13.2 Å². The van der Waals surface area contributed by atoms with Crippen LogP contribution in [0.2, 0.25) is 5.02 Å². The van der Waals surface area contributed by atoms with E-state index in [1.54, 1.807) is 6.07 Å². The minimum absolute atomic E-state index is 0.121.